The highest BCUT2D eigenvalue weighted by atomic mass is 19.1. The zero-order valence-corrected chi connectivity index (χ0v) is 12.5. The van der Waals surface area contributed by atoms with Crippen molar-refractivity contribution in [2.24, 2.45) is 5.92 Å². The molecule has 2 aromatic rings. The van der Waals surface area contributed by atoms with Crippen LogP contribution in [-0.4, -0.2) is 27.8 Å². The molecule has 0 aliphatic carbocycles. The van der Waals surface area contributed by atoms with E-state index in [0.29, 0.717) is 12.0 Å². The molecule has 1 heterocycles. The van der Waals surface area contributed by atoms with Crippen molar-refractivity contribution in [1.29, 1.82) is 0 Å². The molecule has 0 spiro atoms. The maximum absolute atomic E-state index is 12.9. The van der Waals surface area contributed by atoms with Gasteiger partial charge in [0.05, 0.1) is 11.4 Å². The third-order valence-electron chi connectivity index (χ3n) is 3.81. The third-order valence-corrected chi connectivity index (χ3v) is 3.81. The predicted molar refractivity (Wildman–Crippen MR) is 79.3 cm³/mol. The van der Waals surface area contributed by atoms with Crippen molar-refractivity contribution in [2.45, 2.75) is 33.4 Å². The molecule has 1 aromatic heterocycles. The van der Waals surface area contributed by atoms with Gasteiger partial charge in [-0.05, 0) is 50.2 Å². The lowest BCUT2D eigenvalue weighted by molar-refractivity contribution is 0.198. The molecule has 2 rings (SSSR count). The molecule has 3 nitrogen and oxygen atoms in total. The fourth-order valence-corrected chi connectivity index (χ4v) is 2.09. The van der Waals surface area contributed by atoms with Gasteiger partial charge in [0.15, 0.2) is 0 Å². The van der Waals surface area contributed by atoms with Crippen LogP contribution in [0.4, 0.5) is 4.39 Å². The van der Waals surface area contributed by atoms with E-state index in [4.69, 9.17) is 0 Å². The average molecular weight is 275 g/mol. The van der Waals surface area contributed by atoms with Crippen LogP contribution in [0.3, 0.4) is 0 Å². The first-order chi connectivity index (χ1) is 9.47. The summed E-state index contributed by atoms with van der Waals surface area (Å²) in [4.78, 5) is 2.29. The Labute approximate surface area is 120 Å². The maximum atomic E-state index is 12.9. The van der Waals surface area contributed by atoms with Crippen LogP contribution in [0.5, 0.6) is 0 Å². The zero-order valence-electron chi connectivity index (χ0n) is 12.5. The number of hydrogen-bond acceptors (Lipinski definition) is 2. The van der Waals surface area contributed by atoms with Crippen molar-refractivity contribution in [3.05, 3.63) is 48.0 Å². The number of benzene rings is 1. The Hall–Kier alpha value is -1.68. The van der Waals surface area contributed by atoms with Gasteiger partial charge in [-0.25, -0.2) is 9.07 Å². The Morgan fingerprint density at radius 2 is 1.80 bits per heavy atom. The Bertz CT molecular complexity index is 545. The van der Waals surface area contributed by atoms with Crippen LogP contribution in [0.1, 0.15) is 26.5 Å². The van der Waals surface area contributed by atoms with Crippen LogP contribution in [0.15, 0.2) is 36.5 Å². The van der Waals surface area contributed by atoms with Crippen LogP contribution in [0.2, 0.25) is 0 Å². The molecule has 0 N–H and O–H groups in total. The summed E-state index contributed by atoms with van der Waals surface area (Å²) in [6.45, 7) is 7.48. The van der Waals surface area contributed by atoms with E-state index in [-0.39, 0.29) is 5.82 Å². The Kier molecular flexibility index (Phi) is 4.55. The van der Waals surface area contributed by atoms with E-state index < -0.39 is 0 Å². The number of halogens is 1. The molecule has 20 heavy (non-hydrogen) atoms. The Morgan fingerprint density at radius 1 is 1.15 bits per heavy atom. The highest BCUT2D eigenvalue weighted by Crippen LogP contribution is 2.13. The molecule has 0 bridgehead atoms. The highest BCUT2D eigenvalue weighted by molar-refractivity contribution is 5.31. The molecule has 1 aromatic carbocycles. The largest absolute Gasteiger partial charge is 0.298 e. The standard InChI is InChI=1S/C16H22FN3/c1-12(2)13(3)19(4)11-15-9-10-20(18-15)16-7-5-14(17)6-8-16/h5-10,12-13H,11H2,1-4H3/t13-/m0/s1. The van der Waals surface area contributed by atoms with E-state index in [1.54, 1.807) is 16.8 Å². The van der Waals surface area contributed by atoms with Crippen LogP contribution in [0.25, 0.3) is 5.69 Å². The minimum absolute atomic E-state index is 0.230. The first-order valence-corrected chi connectivity index (χ1v) is 6.98. The second-order valence-electron chi connectivity index (χ2n) is 5.63. The lowest BCUT2D eigenvalue weighted by Crippen LogP contribution is -2.32. The molecule has 0 aliphatic heterocycles. The monoisotopic (exact) mass is 275 g/mol. The molecule has 108 valence electrons. The molecule has 1 atom stereocenters. The second-order valence-corrected chi connectivity index (χ2v) is 5.63. The second kappa shape index (κ2) is 6.18. The molecule has 0 fully saturated rings. The topological polar surface area (TPSA) is 21.1 Å². The fraction of sp³-hybridized carbons (Fsp3) is 0.438. The lowest BCUT2D eigenvalue weighted by atomic mass is 10.1. The van der Waals surface area contributed by atoms with Crippen molar-refractivity contribution >= 4 is 0 Å². The summed E-state index contributed by atoms with van der Waals surface area (Å²) >= 11 is 0. The average Bonchev–Trinajstić information content (AvgIpc) is 2.87. The van der Waals surface area contributed by atoms with E-state index >= 15 is 0 Å². The van der Waals surface area contributed by atoms with Gasteiger partial charge in [-0.15, -0.1) is 0 Å². The molecular weight excluding hydrogens is 253 g/mol. The van der Waals surface area contributed by atoms with Gasteiger partial charge < -0.3 is 0 Å². The van der Waals surface area contributed by atoms with Crippen LogP contribution in [0, 0.1) is 11.7 Å². The van der Waals surface area contributed by atoms with Crippen LogP contribution < -0.4 is 0 Å². The third kappa shape index (κ3) is 3.45. The first-order valence-electron chi connectivity index (χ1n) is 6.98. The maximum Gasteiger partial charge on any atom is 0.123 e. The summed E-state index contributed by atoms with van der Waals surface area (Å²) in [7, 11) is 2.11. The molecule has 0 radical (unpaired) electrons. The smallest absolute Gasteiger partial charge is 0.123 e. The first kappa shape index (κ1) is 14.7. The minimum Gasteiger partial charge on any atom is -0.298 e. The Balaban J connectivity index is 2.07. The summed E-state index contributed by atoms with van der Waals surface area (Å²) in [5.41, 5.74) is 1.89. The van der Waals surface area contributed by atoms with Crippen LogP contribution in [-0.2, 0) is 6.54 Å². The molecule has 0 saturated carbocycles. The molecule has 0 saturated heterocycles. The molecule has 0 aliphatic rings. The molecule has 4 heteroatoms. The predicted octanol–water partition coefficient (Wildman–Crippen LogP) is 3.49. The van der Waals surface area contributed by atoms with E-state index in [0.717, 1.165) is 17.9 Å². The SMILES string of the molecule is CC(C)[C@H](C)N(C)Cc1ccn(-c2ccc(F)cc2)n1. The quantitative estimate of drug-likeness (QED) is 0.833. The number of nitrogens with zero attached hydrogens (tertiary/aromatic N) is 3. The molecule has 0 amide bonds. The van der Waals surface area contributed by atoms with Gasteiger partial charge in [-0.1, -0.05) is 13.8 Å². The van der Waals surface area contributed by atoms with Gasteiger partial charge >= 0.3 is 0 Å². The molecule has 0 unspecified atom stereocenters. The van der Waals surface area contributed by atoms with E-state index in [9.17, 15) is 4.39 Å². The highest BCUT2D eigenvalue weighted by Gasteiger charge is 2.14. The summed E-state index contributed by atoms with van der Waals surface area (Å²) in [6, 6.07) is 8.87. The number of aromatic nitrogens is 2. The van der Waals surface area contributed by atoms with Crippen molar-refractivity contribution in [1.82, 2.24) is 14.7 Å². The minimum atomic E-state index is -0.230. The number of hydrogen-bond donors (Lipinski definition) is 0. The summed E-state index contributed by atoms with van der Waals surface area (Å²) in [5, 5.41) is 4.54. The van der Waals surface area contributed by atoms with Crippen molar-refractivity contribution in [3.63, 3.8) is 0 Å². The van der Waals surface area contributed by atoms with Gasteiger partial charge in [0.2, 0.25) is 0 Å². The van der Waals surface area contributed by atoms with Crippen LogP contribution >= 0.6 is 0 Å². The van der Waals surface area contributed by atoms with Crippen molar-refractivity contribution in [3.8, 4) is 5.69 Å². The van der Waals surface area contributed by atoms with Crippen molar-refractivity contribution < 1.29 is 4.39 Å². The molecular formula is C16H22FN3. The van der Waals surface area contributed by atoms with E-state index in [1.165, 1.54) is 12.1 Å². The zero-order chi connectivity index (χ0) is 14.7. The van der Waals surface area contributed by atoms with E-state index in [2.05, 4.69) is 37.8 Å². The number of rotatable bonds is 5. The Morgan fingerprint density at radius 3 is 2.40 bits per heavy atom. The lowest BCUT2D eigenvalue weighted by Gasteiger charge is -2.26. The van der Waals surface area contributed by atoms with Gasteiger partial charge in [0.1, 0.15) is 5.82 Å². The van der Waals surface area contributed by atoms with Gasteiger partial charge in [-0.2, -0.15) is 5.10 Å². The fourth-order valence-electron chi connectivity index (χ4n) is 2.09. The van der Waals surface area contributed by atoms with Gasteiger partial charge in [0, 0.05) is 18.8 Å². The van der Waals surface area contributed by atoms with E-state index in [1.807, 2.05) is 12.3 Å². The van der Waals surface area contributed by atoms with Gasteiger partial charge in [-0.3, -0.25) is 4.90 Å². The summed E-state index contributed by atoms with van der Waals surface area (Å²) < 4.78 is 14.7. The summed E-state index contributed by atoms with van der Waals surface area (Å²) in [6.07, 6.45) is 1.91. The summed E-state index contributed by atoms with van der Waals surface area (Å²) in [5.74, 6) is 0.380. The normalized spacial score (nSPS) is 13.2. The van der Waals surface area contributed by atoms with Gasteiger partial charge in [0.25, 0.3) is 0 Å². The van der Waals surface area contributed by atoms with Crippen molar-refractivity contribution in [2.75, 3.05) is 7.05 Å².